The zero-order chi connectivity index (χ0) is 12.7. The van der Waals surface area contributed by atoms with Crippen LogP contribution in [0.15, 0.2) is 24.8 Å². The first kappa shape index (κ1) is 10.8. The van der Waals surface area contributed by atoms with Gasteiger partial charge in [0.1, 0.15) is 35.9 Å². The van der Waals surface area contributed by atoms with Gasteiger partial charge in [-0.15, -0.1) is 0 Å². The lowest BCUT2D eigenvalue weighted by atomic mass is 10.3. The van der Waals surface area contributed by atoms with Crippen LogP contribution in [-0.4, -0.2) is 24.7 Å². The highest BCUT2D eigenvalue weighted by molar-refractivity contribution is 5.75. The van der Waals surface area contributed by atoms with Gasteiger partial charge in [0.15, 0.2) is 5.82 Å². The Kier molecular flexibility index (Phi) is 2.32. The maximum atomic E-state index is 13.5. The van der Waals surface area contributed by atoms with Gasteiger partial charge in [0.2, 0.25) is 0 Å². The van der Waals surface area contributed by atoms with Crippen LogP contribution in [0.1, 0.15) is 18.8 Å². The van der Waals surface area contributed by atoms with Gasteiger partial charge >= 0.3 is 0 Å². The van der Waals surface area contributed by atoms with E-state index in [9.17, 15) is 8.78 Å². The molecule has 0 aliphatic carbocycles. The molecule has 0 bridgehead atoms. The summed E-state index contributed by atoms with van der Waals surface area (Å²) in [6.45, 7) is 1.83. The number of hydrogen-bond acceptors (Lipinski definition) is 3. The fourth-order valence-corrected chi connectivity index (χ4v) is 1.80. The third kappa shape index (κ3) is 1.64. The molecule has 3 aromatic rings. The summed E-state index contributed by atoms with van der Waals surface area (Å²) in [6, 6.07) is 1.79. The van der Waals surface area contributed by atoms with E-state index < -0.39 is 11.6 Å². The van der Waals surface area contributed by atoms with E-state index in [2.05, 4.69) is 20.1 Å². The average molecular weight is 249 g/mol. The second-order valence-corrected chi connectivity index (χ2v) is 3.96. The molecule has 0 amide bonds. The maximum Gasteiger partial charge on any atom is 0.153 e. The second kappa shape index (κ2) is 3.86. The molecule has 1 atom stereocenters. The van der Waals surface area contributed by atoms with E-state index in [1.807, 2.05) is 6.92 Å². The van der Waals surface area contributed by atoms with Crippen LogP contribution in [0.5, 0.6) is 0 Å². The Morgan fingerprint density at radius 2 is 2.17 bits per heavy atom. The number of fused-ring (bicyclic) bond motifs is 1. The molecule has 2 aromatic heterocycles. The molecule has 5 nitrogen and oxygen atoms in total. The average Bonchev–Trinajstić information content (AvgIpc) is 2.96. The van der Waals surface area contributed by atoms with E-state index in [1.54, 1.807) is 4.68 Å². The van der Waals surface area contributed by atoms with E-state index in [4.69, 9.17) is 0 Å². The first-order valence-electron chi connectivity index (χ1n) is 5.34. The van der Waals surface area contributed by atoms with E-state index in [0.29, 0.717) is 11.3 Å². The third-order valence-electron chi connectivity index (χ3n) is 2.75. The third-order valence-corrected chi connectivity index (χ3v) is 2.75. The van der Waals surface area contributed by atoms with Crippen molar-refractivity contribution in [1.29, 1.82) is 0 Å². The minimum Gasteiger partial charge on any atom is -0.340 e. The molecular weight excluding hydrogens is 240 g/mol. The van der Waals surface area contributed by atoms with Gasteiger partial charge in [0, 0.05) is 6.07 Å². The van der Waals surface area contributed by atoms with E-state index >= 15 is 0 Å². The van der Waals surface area contributed by atoms with Crippen molar-refractivity contribution < 1.29 is 8.78 Å². The van der Waals surface area contributed by atoms with Crippen LogP contribution in [0.4, 0.5) is 8.78 Å². The van der Waals surface area contributed by atoms with Gasteiger partial charge in [-0.05, 0) is 13.0 Å². The molecule has 2 heterocycles. The Labute approximate surface area is 100 Å². The summed E-state index contributed by atoms with van der Waals surface area (Å²) in [5, 5.41) is 3.98. The molecule has 0 saturated heterocycles. The molecule has 7 heteroatoms. The summed E-state index contributed by atoms with van der Waals surface area (Å²) < 4.78 is 28.2. The number of H-pyrrole nitrogens is 1. The molecule has 0 aliphatic rings. The van der Waals surface area contributed by atoms with Crippen molar-refractivity contribution in [1.82, 2.24) is 24.7 Å². The Hall–Kier alpha value is -2.31. The highest BCUT2D eigenvalue weighted by atomic mass is 19.1. The van der Waals surface area contributed by atoms with Crippen molar-refractivity contribution in [2.24, 2.45) is 0 Å². The van der Waals surface area contributed by atoms with Gasteiger partial charge in [-0.2, -0.15) is 5.10 Å². The standard InChI is InChI=1S/C11H9F2N5/c1-6(18-5-14-4-15-18)11-16-9-3-7(12)2-8(13)10(9)17-11/h2-6H,1H3,(H,16,17). The van der Waals surface area contributed by atoms with Gasteiger partial charge in [-0.1, -0.05) is 0 Å². The lowest BCUT2D eigenvalue weighted by Crippen LogP contribution is -2.08. The lowest BCUT2D eigenvalue weighted by molar-refractivity contribution is 0.540. The smallest absolute Gasteiger partial charge is 0.153 e. The number of benzene rings is 1. The lowest BCUT2D eigenvalue weighted by Gasteiger charge is -2.06. The minimum atomic E-state index is -0.682. The quantitative estimate of drug-likeness (QED) is 0.756. The van der Waals surface area contributed by atoms with Gasteiger partial charge in [-0.3, -0.25) is 0 Å². The largest absolute Gasteiger partial charge is 0.340 e. The summed E-state index contributed by atoms with van der Waals surface area (Å²) in [7, 11) is 0. The van der Waals surface area contributed by atoms with Crippen molar-refractivity contribution in [2.75, 3.05) is 0 Å². The van der Waals surface area contributed by atoms with Crippen molar-refractivity contribution in [2.45, 2.75) is 13.0 Å². The molecule has 92 valence electrons. The Bertz CT molecular complexity index is 689. The number of nitrogens with one attached hydrogen (secondary N) is 1. The number of aromatic nitrogens is 5. The fourth-order valence-electron chi connectivity index (χ4n) is 1.80. The second-order valence-electron chi connectivity index (χ2n) is 3.96. The Balaban J connectivity index is 2.11. The molecule has 1 aromatic carbocycles. The minimum absolute atomic E-state index is 0.123. The van der Waals surface area contributed by atoms with Crippen LogP contribution in [0.25, 0.3) is 11.0 Å². The molecule has 0 aliphatic heterocycles. The molecule has 0 saturated carbocycles. The molecular formula is C11H9F2N5. The van der Waals surface area contributed by atoms with Gasteiger partial charge in [0.05, 0.1) is 5.52 Å². The first-order valence-corrected chi connectivity index (χ1v) is 5.34. The van der Waals surface area contributed by atoms with Crippen LogP contribution < -0.4 is 0 Å². The van der Waals surface area contributed by atoms with Gasteiger partial charge in [-0.25, -0.2) is 23.4 Å². The van der Waals surface area contributed by atoms with E-state index in [0.717, 1.165) is 6.07 Å². The number of nitrogens with zero attached hydrogens (tertiary/aromatic N) is 4. The van der Waals surface area contributed by atoms with Crippen molar-refractivity contribution in [3.63, 3.8) is 0 Å². The number of imidazole rings is 1. The zero-order valence-electron chi connectivity index (χ0n) is 9.43. The van der Waals surface area contributed by atoms with Gasteiger partial charge < -0.3 is 4.98 Å². The SMILES string of the molecule is CC(c1nc2c(F)cc(F)cc2[nH]1)n1cncn1. The zero-order valence-corrected chi connectivity index (χ0v) is 9.43. The predicted molar refractivity (Wildman–Crippen MR) is 59.8 cm³/mol. The monoisotopic (exact) mass is 249 g/mol. The maximum absolute atomic E-state index is 13.5. The molecule has 1 unspecified atom stereocenters. The highest BCUT2D eigenvalue weighted by Crippen LogP contribution is 2.21. The summed E-state index contributed by atoms with van der Waals surface area (Å²) in [5.41, 5.74) is 0.452. The molecule has 3 rings (SSSR count). The fraction of sp³-hybridized carbons (Fsp3) is 0.182. The van der Waals surface area contributed by atoms with Gasteiger partial charge in [0.25, 0.3) is 0 Å². The summed E-state index contributed by atoms with van der Waals surface area (Å²) in [5.74, 6) is -0.818. The van der Waals surface area contributed by atoms with Crippen LogP contribution in [0.2, 0.25) is 0 Å². The highest BCUT2D eigenvalue weighted by Gasteiger charge is 2.15. The molecule has 18 heavy (non-hydrogen) atoms. The van der Waals surface area contributed by atoms with Crippen LogP contribution in [0, 0.1) is 11.6 Å². The molecule has 1 N–H and O–H groups in total. The normalized spacial score (nSPS) is 13.1. The first-order chi connectivity index (χ1) is 8.65. The predicted octanol–water partition coefficient (Wildman–Crippen LogP) is 2.04. The number of aromatic amines is 1. The van der Waals surface area contributed by atoms with Crippen LogP contribution in [-0.2, 0) is 0 Å². The summed E-state index contributed by atoms with van der Waals surface area (Å²) in [4.78, 5) is 10.8. The number of halogens is 2. The van der Waals surface area contributed by atoms with Crippen molar-refractivity contribution in [3.8, 4) is 0 Å². The summed E-state index contributed by atoms with van der Waals surface area (Å²) >= 11 is 0. The van der Waals surface area contributed by atoms with Crippen molar-refractivity contribution in [3.05, 3.63) is 42.2 Å². The Morgan fingerprint density at radius 3 is 2.89 bits per heavy atom. The number of rotatable bonds is 2. The topological polar surface area (TPSA) is 59.4 Å². The molecule has 0 radical (unpaired) electrons. The molecule has 0 spiro atoms. The van der Waals surface area contributed by atoms with E-state index in [1.165, 1.54) is 18.7 Å². The van der Waals surface area contributed by atoms with Crippen LogP contribution in [0.3, 0.4) is 0 Å². The Morgan fingerprint density at radius 1 is 1.33 bits per heavy atom. The number of hydrogen-bond donors (Lipinski definition) is 1. The van der Waals surface area contributed by atoms with Crippen molar-refractivity contribution >= 4 is 11.0 Å². The van der Waals surface area contributed by atoms with E-state index in [-0.39, 0.29) is 11.6 Å². The van der Waals surface area contributed by atoms with Crippen LogP contribution >= 0.6 is 0 Å². The summed E-state index contributed by atoms with van der Waals surface area (Å²) in [6.07, 6.45) is 2.94. The molecule has 0 fully saturated rings.